The lowest BCUT2D eigenvalue weighted by Gasteiger charge is -2.54. The van der Waals surface area contributed by atoms with Crippen LogP contribution in [0.1, 0.15) is 55.7 Å². The van der Waals surface area contributed by atoms with Crippen LogP contribution in [0.25, 0.3) is 0 Å². The van der Waals surface area contributed by atoms with Crippen LogP contribution in [0, 0.1) is 26.2 Å². The smallest absolute Gasteiger partial charge is 0.125 e. The summed E-state index contributed by atoms with van der Waals surface area (Å²) >= 11 is 0. The van der Waals surface area contributed by atoms with Crippen molar-refractivity contribution in [3.63, 3.8) is 0 Å². The van der Waals surface area contributed by atoms with Crippen LogP contribution in [-0.4, -0.2) is 18.7 Å². The highest BCUT2D eigenvalue weighted by atomic mass is 16.5. The van der Waals surface area contributed by atoms with Gasteiger partial charge in [-0.1, -0.05) is 31.9 Å². The monoisotopic (exact) mass is 287 g/mol. The van der Waals surface area contributed by atoms with Gasteiger partial charge in [0.2, 0.25) is 0 Å². The molecule has 0 saturated heterocycles. The van der Waals surface area contributed by atoms with Gasteiger partial charge in [-0.25, -0.2) is 0 Å². The van der Waals surface area contributed by atoms with Crippen LogP contribution >= 0.6 is 0 Å². The van der Waals surface area contributed by atoms with Gasteiger partial charge in [0, 0.05) is 17.9 Å². The molecule has 2 saturated carbocycles. The first kappa shape index (κ1) is 14.9. The molecule has 21 heavy (non-hydrogen) atoms. The van der Waals surface area contributed by atoms with E-state index in [2.05, 4.69) is 45.1 Å². The molecule has 0 aromatic heterocycles. The third-order valence-corrected chi connectivity index (χ3v) is 5.90. The molecule has 1 spiro atoms. The molecule has 2 aliphatic rings. The lowest BCUT2D eigenvalue weighted by Crippen LogP contribution is -2.63. The van der Waals surface area contributed by atoms with Crippen molar-refractivity contribution >= 4 is 0 Å². The van der Waals surface area contributed by atoms with Crippen LogP contribution < -0.4 is 10.1 Å². The molecular formula is C19H29NO. The minimum atomic E-state index is 0.401. The average molecular weight is 287 g/mol. The van der Waals surface area contributed by atoms with Crippen molar-refractivity contribution in [3.05, 3.63) is 28.8 Å². The zero-order chi connectivity index (χ0) is 15.0. The Balaban J connectivity index is 1.81. The lowest BCUT2D eigenvalue weighted by atomic mass is 9.60. The molecule has 1 aromatic carbocycles. The van der Waals surface area contributed by atoms with E-state index in [1.54, 1.807) is 0 Å². The van der Waals surface area contributed by atoms with Crippen molar-refractivity contribution in [2.45, 2.75) is 71.9 Å². The topological polar surface area (TPSA) is 21.3 Å². The summed E-state index contributed by atoms with van der Waals surface area (Å²) in [7, 11) is 0. The van der Waals surface area contributed by atoms with Gasteiger partial charge in [-0.15, -0.1) is 0 Å². The maximum absolute atomic E-state index is 6.57. The highest BCUT2D eigenvalue weighted by molar-refractivity contribution is 5.45. The molecule has 2 unspecified atom stereocenters. The van der Waals surface area contributed by atoms with Crippen molar-refractivity contribution in [1.29, 1.82) is 0 Å². The van der Waals surface area contributed by atoms with E-state index in [4.69, 9.17) is 4.74 Å². The second-order valence-electron chi connectivity index (χ2n) is 7.05. The van der Waals surface area contributed by atoms with E-state index in [1.165, 1.54) is 48.8 Å². The van der Waals surface area contributed by atoms with Crippen LogP contribution in [0.15, 0.2) is 12.1 Å². The Morgan fingerprint density at radius 1 is 1.14 bits per heavy atom. The summed E-state index contributed by atoms with van der Waals surface area (Å²) in [4.78, 5) is 0. The fourth-order valence-corrected chi connectivity index (χ4v) is 4.40. The third kappa shape index (κ3) is 2.38. The lowest BCUT2D eigenvalue weighted by molar-refractivity contribution is -0.0761. The highest BCUT2D eigenvalue weighted by Gasteiger charge is 2.57. The molecule has 2 nitrogen and oxygen atoms in total. The summed E-state index contributed by atoms with van der Waals surface area (Å²) in [5, 5.41) is 3.69. The molecule has 1 N–H and O–H groups in total. The minimum absolute atomic E-state index is 0.401. The zero-order valence-electron chi connectivity index (χ0n) is 14.0. The molecule has 1 aromatic rings. The Morgan fingerprint density at radius 2 is 1.81 bits per heavy atom. The van der Waals surface area contributed by atoms with Crippen molar-refractivity contribution in [2.75, 3.05) is 6.54 Å². The molecule has 2 heteroatoms. The Kier molecular flexibility index (Phi) is 4.00. The van der Waals surface area contributed by atoms with Crippen LogP contribution in [-0.2, 0) is 0 Å². The molecule has 0 amide bonds. The van der Waals surface area contributed by atoms with Crippen LogP contribution in [0.5, 0.6) is 5.75 Å². The van der Waals surface area contributed by atoms with Crippen molar-refractivity contribution in [2.24, 2.45) is 5.41 Å². The van der Waals surface area contributed by atoms with Gasteiger partial charge in [-0.2, -0.15) is 0 Å². The van der Waals surface area contributed by atoms with Gasteiger partial charge in [0.05, 0.1) is 0 Å². The third-order valence-electron chi connectivity index (χ3n) is 5.90. The summed E-state index contributed by atoms with van der Waals surface area (Å²) in [6.45, 7) is 9.82. The number of benzene rings is 1. The molecule has 0 aliphatic heterocycles. The molecule has 2 aliphatic carbocycles. The van der Waals surface area contributed by atoms with Crippen LogP contribution in [0.2, 0.25) is 0 Å². The van der Waals surface area contributed by atoms with Crippen molar-refractivity contribution in [1.82, 2.24) is 5.32 Å². The summed E-state index contributed by atoms with van der Waals surface area (Å²) in [5.41, 5.74) is 4.32. The quantitative estimate of drug-likeness (QED) is 0.891. The summed E-state index contributed by atoms with van der Waals surface area (Å²) in [6, 6.07) is 5.06. The molecule has 2 fully saturated rings. The first-order valence-electron chi connectivity index (χ1n) is 8.55. The Morgan fingerprint density at radius 3 is 2.48 bits per heavy atom. The van der Waals surface area contributed by atoms with E-state index >= 15 is 0 Å². The van der Waals surface area contributed by atoms with Gasteiger partial charge in [0.1, 0.15) is 11.9 Å². The van der Waals surface area contributed by atoms with Crippen molar-refractivity contribution < 1.29 is 4.74 Å². The number of nitrogens with one attached hydrogen (secondary N) is 1. The van der Waals surface area contributed by atoms with Crippen molar-refractivity contribution in [3.8, 4) is 5.75 Å². The molecule has 0 heterocycles. The minimum Gasteiger partial charge on any atom is -0.489 e. The Labute approximate surface area is 129 Å². The molecule has 2 atom stereocenters. The van der Waals surface area contributed by atoms with Gasteiger partial charge in [-0.3, -0.25) is 0 Å². The summed E-state index contributed by atoms with van der Waals surface area (Å²) in [5.74, 6) is 1.14. The first-order chi connectivity index (χ1) is 10.1. The molecule has 3 rings (SSSR count). The van der Waals surface area contributed by atoms with E-state index < -0.39 is 0 Å². The number of rotatable bonds is 4. The number of hydrogen-bond donors (Lipinski definition) is 1. The van der Waals surface area contributed by atoms with Gasteiger partial charge >= 0.3 is 0 Å². The Bertz CT molecular complexity index is 517. The maximum Gasteiger partial charge on any atom is 0.125 e. The molecular weight excluding hydrogens is 258 g/mol. The fourth-order valence-electron chi connectivity index (χ4n) is 4.40. The first-order valence-corrected chi connectivity index (χ1v) is 8.55. The van der Waals surface area contributed by atoms with Gasteiger partial charge < -0.3 is 10.1 Å². The van der Waals surface area contributed by atoms with E-state index in [0.29, 0.717) is 17.6 Å². The predicted octanol–water partition coefficient (Wildman–Crippen LogP) is 4.30. The van der Waals surface area contributed by atoms with Crippen LogP contribution in [0.3, 0.4) is 0 Å². The predicted molar refractivity (Wildman–Crippen MR) is 88.1 cm³/mol. The second kappa shape index (κ2) is 5.64. The van der Waals surface area contributed by atoms with Crippen LogP contribution in [0.4, 0.5) is 0 Å². The normalized spacial score (nSPS) is 26.9. The number of hydrogen-bond acceptors (Lipinski definition) is 2. The largest absolute Gasteiger partial charge is 0.489 e. The van der Waals surface area contributed by atoms with E-state index in [9.17, 15) is 0 Å². The van der Waals surface area contributed by atoms with Gasteiger partial charge in [0.25, 0.3) is 0 Å². The van der Waals surface area contributed by atoms with E-state index in [0.717, 1.165) is 12.3 Å². The fraction of sp³-hybridized carbons (Fsp3) is 0.684. The summed E-state index contributed by atoms with van der Waals surface area (Å²) < 4.78 is 6.57. The molecule has 0 radical (unpaired) electrons. The highest BCUT2D eigenvalue weighted by Crippen LogP contribution is 2.55. The van der Waals surface area contributed by atoms with E-state index in [-0.39, 0.29) is 0 Å². The zero-order valence-corrected chi connectivity index (χ0v) is 14.0. The number of aryl methyl sites for hydroxylation is 2. The van der Waals surface area contributed by atoms with Gasteiger partial charge in [0.15, 0.2) is 0 Å². The SMILES string of the molecule is CCNC1CC(Oc2c(C)ccc(C)c2C)C12CCCC2. The summed E-state index contributed by atoms with van der Waals surface area (Å²) in [6.07, 6.45) is 6.98. The standard InChI is InChI=1S/C19H29NO/c1-5-20-16-12-17(19(16)10-6-7-11-19)21-18-14(3)9-8-13(2)15(18)4/h8-9,16-17,20H,5-7,10-12H2,1-4H3. The maximum atomic E-state index is 6.57. The molecule has 116 valence electrons. The van der Waals surface area contributed by atoms with E-state index in [1.807, 2.05) is 0 Å². The Hall–Kier alpha value is -1.02. The average Bonchev–Trinajstić information content (AvgIpc) is 2.98. The van der Waals surface area contributed by atoms with Gasteiger partial charge in [-0.05, 0) is 56.8 Å². The second-order valence-corrected chi connectivity index (χ2v) is 7.05. The molecule has 0 bridgehead atoms. The number of ether oxygens (including phenoxy) is 1.